The number of halogens is 2. The summed E-state index contributed by atoms with van der Waals surface area (Å²) in [6.07, 6.45) is 0.956. The van der Waals surface area contributed by atoms with Crippen LogP contribution in [0.1, 0.15) is 42.4 Å². The maximum Gasteiger partial charge on any atom is 0.248 e. The highest BCUT2D eigenvalue weighted by molar-refractivity contribution is 5.14. The number of nitrogens with zero attached hydrogens (tertiary/aromatic N) is 2. The molecule has 94 valence electrons. The highest BCUT2D eigenvalue weighted by atomic mass is 19.3. The first kappa shape index (κ1) is 12.4. The molecule has 1 aliphatic carbocycles. The maximum atomic E-state index is 13.2. The van der Waals surface area contributed by atoms with E-state index < -0.39 is 5.92 Å². The van der Waals surface area contributed by atoms with Gasteiger partial charge in [0, 0.05) is 36.6 Å². The van der Waals surface area contributed by atoms with Gasteiger partial charge in [0.1, 0.15) is 5.82 Å². The van der Waals surface area contributed by atoms with Crippen molar-refractivity contribution in [1.29, 1.82) is 0 Å². The van der Waals surface area contributed by atoms with Crippen molar-refractivity contribution >= 4 is 0 Å². The first-order chi connectivity index (χ1) is 8.00. The highest BCUT2D eigenvalue weighted by Crippen LogP contribution is 2.43. The molecule has 0 aliphatic heterocycles. The molecule has 3 nitrogen and oxygen atoms in total. The average Bonchev–Trinajstić information content (AvgIpc) is 2.58. The zero-order valence-corrected chi connectivity index (χ0v) is 9.92. The molecule has 1 aromatic heterocycles. The number of hydrogen-bond donors (Lipinski definition) is 1. The average molecular weight is 241 g/mol. The van der Waals surface area contributed by atoms with Crippen molar-refractivity contribution in [3.05, 3.63) is 23.3 Å². The van der Waals surface area contributed by atoms with Crippen LogP contribution in [0.5, 0.6) is 0 Å². The zero-order valence-electron chi connectivity index (χ0n) is 9.92. The number of hydrogen-bond acceptors (Lipinski definition) is 3. The van der Waals surface area contributed by atoms with Gasteiger partial charge in [-0.1, -0.05) is 0 Å². The molecule has 1 aliphatic rings. The summed E-state index contributed by atoms with van der Waals surface area (Å²) in [7, 11) is 0. The summed E-state index contributed by atoms with van der Waals surface area (Å²) in [6.45, 7) is 2.37. The quantitative estimate of drug-likeness (QED) is 0.882. The van der Waals surface area contributed by atoms with Gasteiger partial charge in [0.2, 0.25) is 5.92 Å². The van der Waals surface area contributed by atoms with Crippen LogP contribution in [0.25, 0.3) is 0 Å². The van der Waals surface area contributed by atoms with Gasteiger partial charge in [0.25, 0.3) is 0 Å². The second-order valence-corrected chi connectivity index (χ2v) is 4.69. The predicted molar refractivity (Wildman–Crippen MR) is 61.1 cm³/mol. The summed E-state index contributed by atoms with van der Waals surface area (Å²) in [5, 5.41) is 0. The maximum absolute atomic E-state index is 13.2. The van der Waals surface area contributed by atoms with Gasteiger partial charge in [0.05, 0.1) is 0 Å². The Kier molecular flexibility index (Phi) is 3.38. The van der Waals surface area contributed by atoms with E-state index in [1.807, 2.05) is 13.0 Å². The molecule has 5 heteroatoms. The Bertz CT molecular complexity index is 407. The Morgan fingerprint density at radius 2 is 2.24 bits per heavy atom. The molecule has 0 aromatic carbocycles. The number of alkyl halides is 2. The van der Waals surface area contributed by atoms with Crippen molar-refractivity contribution in [2.45, 2.75) is 44.4 Å². The molecule has 1 saturated carbocycles. The fourth-order valence-corrected chi connectivity index (χ4v) is 2.29. The highest BCUT2D eigenvalue weighted by Gasteiger charge is 2.41. The van der Waals surface area contributed by atoms with Crippen LogP contribution in [0, 0.1) is 6.92 Å². The lowest BCUT2D eigenvalue weighted by Crippen LogP contribution is -2.12. The van der Waals surface area contributed by atoms with Crippen molar-refractivity contribution in [1.82, 2.24) is 9.97 Å². The third-order valence-electron chi connectivity index (χ3n) is 3.09. The lowest BCUT2D eigenvalue weighted by molar-refractivity contribution is 0.00752. The van der Waals surface area contributed by atoms with E-state index >= 15 is 0 Å². The van der Waals surface area contributed by atoms with Gasteiger partial charge in [0.15, 0.2) is 0 Å². The van der Waals surface area contributed by atoms with Crippen LogP contribution in [0.2, 0.25) is 0 Å². The van der Waals surface area contributed by atoms with Gasteiger partial charge >= 0.3 is 0 Å². The molecular formula is C12H17F2N3. The van der Waals surface area contributed by atoms with Gasteiger partial charge in [-0.3, -0.25) is 0 Å². The SMILES string of the molecule is Cc1cc(CCN)nc(C2CCC(F)(F)C2)n1. The third kappa shape index (κ3) is 2.97. The summed E-state index contributed by atoms with van der Waals surface area (Å²) in [5.74, 6) is -2.20. The standard InChI is InChI=1S/C12H17F2N3/c1-8-6-10(3-5-15)17-11(16-8)9-2-4-12(13,14)7-9/h6,9H,2-5,7,15H2,1H3. The summed E-state index contributed by atoms with van der Waals surface area (Å²) in [4.78, 5) is 8.62. The number of aromatic nitrogens is 2. The Hall–Kier alpha value is -1.10. The molecule has 1 unspecified atom stereocenters. The largest absolute Gasteiger partial charge is 0.330 e. The van der Waals surface area contributed by atoms with E-state index in [4.69, 9.17) is 5.73 Å². The molecule has 1 heterocycles. The minimum absolute atomic E-state index is 0.0544. The van der Waals surface area contributed by atoms with Crippen LogP contribution in [-0.4, -0.2) is 22.4 Å². The predicted octanol–water partition coefficient (Wildman–Crippen LogP) is 2.19. The first-order valence-electron chi connectivity index (χ1n) is 5.92. The minimum Gasteiger partial charge on any atom is -0.330 e. The molecule has 0 saturated heterocycles. The molecule has 0 amide bonds. The molecule has 2 N–H and O–H groups in total. The molecule has 1 aromatic rings. The van der Waals surface area contributed by atoms with Crippen molar-refractivity contribution in [2.24, 2.45) is 5.73 Å². The van der Waals surface area contributed by atoms with Crippen LogP contribution in [0.3, 0.4) is 0 Å². The summed E-state index contributed by atoms with van der Waals surface area (Å²) in [6, 6.07) is 1.86. The van der Waals surface area contributed by atoms with Crippen LogP contribution in [0.15, 0.2) is 6.07 Å². The summed E-state index contributed by atoms with van der Waals surface area (Å²) >= 11 is 0. The first-order valence-corrected chi connectivity index (χ1v) is 5.92. The van der Waals surface area contributed by atoms with Crippen molar-refractivity contribution in [3.63, 3.8) is 0 Å². The van der Waals surface area contributed by atoms with Crippen LogP contribution >= 0.6 is 0 Å². The number of nitrogens with two attached hydrogens (primary N) is 1. The molecule has 1 atom stereocenters. The number of aryl methyl sites for hydroxylation is 1. The lowest BCUT2D eigenvalue weighted by atomic mass is 10.1. The van der Waals surface area contributed by atoms with E-state index in [1.165, 1.54) is 0 Å². The fourth-order valence-electron chi connectivity index (χ4n) is 2.29. The van der Waals surface area contributed by atoms with Crippen LogP contribution < -0.4 is 5.73 Å². The summed E-state index contributed by atoms with van der Waals surface area (Å²) in [5.41, 5.74) is 7.16. The third-order valence-corrected chi connectivity index (χ3v) is 3.09. The molecule has 2 rings (SSSR count). The van der Waals surface area contributed by atoms with Crippen molar-refractivity contribution in [2.75, 3.05) is 6.54 Å². The zero-order chi connectivity index (χ0) is 12.5. The molecular weight excluding hydrogens is 224 g/mol. The Balaban J connectivity index is 2.21. The summed E-state index contributed by atoms with van der Waals surface area (Å²) < 4.78 is 26.3. The smallest absolute Gasteiger partial charge is 0.248 e. The van der Waals surface area contributed by atoms with Gasteiger partial charge in [-0.25, -0.2) is 18.7 Å². The van der Waals surface area contributed by atoms with Gasteiger partial charge in [-0.15, -0.1) is 0 Å². The topological polar surface area (TPSA) is 51.8 Å². The monoisotopic (exact) mass is 241 g/mol. The van der Waals surface area contributed by atoms with Gasteiger partial charge < -0.3 is 5.73 Å². The van der Waals surface area contributed by atoms with Crippen molar-refractivity contribution in [3.8, 4) is 0 Å². The molecule has 0 spiro atoms. The molecule has 1 fully saturated rings. The normalized spacial score (nSPS) is 22.9. The van der Waals surface area contributed by atoms with E-state index in [2.05, 4.69) is 9.97 Å². The number of rotatable bonds is 3. The van der Waals surface area contributed by atoms with Crippen LogP contribution in [-0.2, 0) is 6.42 Å². The van der Waals surface area contributed by atoms with E-state index in [1.54, 1.807) is 0 Å². The molecule has 17 heavy (non-hydrogen) atoms. The molecule has 0 radical (unpaired) electrons. The van der Waals surface area contributed by atoms with E-state index in [0.717, 1.165) is 11.4 Å². The Morgan fingerprint density at radius 3 is 2.82 bits per heavy atom. The Morgan fingerprint density at radius 1 is 1.47 bits per heavy atom. The lowest BCUT2D eigenvalue weighted by Gasteiger charge is -2.11. The molecule has 0 bridgehead atoms. The second-order valence-electron chi connectivity index (χ2n) is 4.69. The van der Waals surface area contributed by atoms with Gasteiger partial charge in [-0.2, -0.15) is 0 Å². The van der Waals surface area contributed by atoms with E-state index in [0.29, 0.717) is 25.2 Å². The van der Waals surface area contributed by atoms with Gasteiger partial charge in [-0.05, 0) is 26.0 Å². The van der Waals surface area contributed by atoms with E-state index in [9.17, 15) is 8.78 Å². The second kappa shape index (κ2) is 4.64. The van der Waals surface area contributed by atoms with Crippen molar-refractivity contribution < 1.29 is 8.78 Å². The fraction of sp³-hybridized carbons (Fsp3) is 0.667. The Labute approximate surface area is 99.5 Å². The van der Waals surface area contributed by atoms with E-state index in [-0.39, 0.29) is 18.8 Å². The van der Waals surface area contributed by atoms with Crippen LogP contribution in [0.4, 0.5) is 8.78 Å². The minimum atomic E-state index is -2.55.